The smallest absolute Gasteiger partial charge is 0.416 e. The molecule has 0 amide bonds. The third-order valence-electron chi connectivity index (χ3n) is 6.69. The average molecular weight is 531 g/mol. The number of halogens is 3. The fourth-order valence-corrected chi connectivity index (χ4v) is 5.34. The highest BCUT2D eigenvalue weighted by Crippen LogP contribution is 2.48. The molecule has 1 aromatic heterocycles. The number of nitrogens with zero attached hydrogens (tertiary/aromatic N) is 2. The van der Waals surface area contributed by atoms with Crippen molar-refractivity contribution in [3.05, 3.63) is 107 Å². The van der Waals surface area contributed by atoms with Crippen molar-refractivity contribution in [1.82, 2.24) is 4.98 Å². The van der Waals surface area contributed by atoms with Crippen molar-refractivity contribution in [2.75, 3.05) is 0 Å². The zero-order valence-electron chi connectivity index (χ0n) is 20.1. The summed E-state index contributed by atoms with van der Waals surface area (Å²) >= 11 is 1.50. The van der Waals surface area contributed by atoms with Gasteiger partial charge in [0.25, 0.3) is 0 Å². The predicted molar refractivity (Wildman–Crippen MR) is 141 cm³/mol. The van der Waals surface area contributed by atoms with E-state index in [1.807, 2.05) is 24.3 Å². The van der Waals surface area contributed by atoms with Crippen molar-refractivity contribution in [2.45, 2.75) is 25.4 Å². The summed E-state index contributed by atoms with van der Waals surface area (Å²) in [6, 6.07) is 18.1. The highest BCUT2D eigenvalue weighted by Gasteiger charge is 2.34. The second kappa shape index (κ2) is 10.3. The van der Waals surface area contributed by atoms with Crippen LogP contribution < -0.4 is 4.74 Å². The molecule has 1 aliphatic rings. The lowest BCUT2D eigenvalue weighted by Gasteiger charge is -2.32. The van der Waals surface area contributed by atoms with E-state index in [-0.39, 0.29) is 17.2 Å². The molecule has 0 atom stereocenters. The first-order valence-electron chi connectivity index (χ1n) is 11.9. The van der Waals surface area contributed by atoms with Gasteiger partial charge in [0.2, 0.25) is 0 Å². The fourth-order valence-electron chi connectivity index (χ4n) is 4.69. The molecule has 1 aliphatic carbocycles. The SMILES string of the molecule is C=CC(=O)Oc1ccccc1/C(=C(/c1ccc(C(F)(F)F)cc1C#N)C1CCC1)c1ccc2scnc2c1. The third-order valence-corrected chi connectivity index (χ3v) is 7.50. The molecule has 190 valence electrons. The number of rotatable bonds is 6. The van der Waals surface area contributed by atoms with Crippen LogP contribution >= 0.6 is 11.3 Å². The lowest BCUT2D eigenvalue weighted by atomic mass is 9.72. The van der Waals surface area contributed by atoms with Crippen molar-refractivity contribution in [3.8, 4) is 11.8 Å². The number of para-hydroxylation sites is 1. The Kier molecular flexibility index (Phi) is 6.87. The number of nitriles is 1. The Bertz CT molecular complexity index is 1620. The number of thiazole rings is 1. The van der Waals surface area contributed by atoms with Gasteiger partial charge in [0.15, 0.2) is 0 Å². The zero-order valence-corrected chi connectivity index (χ0v) is 20.9. The van der Waals surface area contributed by atoms with E-state index >= 15 is 0 Å². The van der Waals surface area contributed by atoms with Crippen LogP contribution in [0.1, 0.15) is 47.1 Å². The number of fused-ring (bicyclic) bond motifs is 1. The molecule has 0 saturated heterocycles. The van der Waals surface area contributed by atoms with Crippen LogP contribution in [-0.2, 0) is 11.0 Å². The van der Waals surface area contributed by atoms with Crippen molar-refractivity contribution < 1.29 is 22.7 Å². The van der Waals surface area contributed by atoms with Crippen LogP contribution in [0.3, 0.4) is 0 Å². The first kappa shape index (κ1) is 25.4. The van der Waals surface area contributed by atoms with Crippen LogP contribution in [0.2, 0.25) is 0 Å². The molecule has 0 spiro atoms. The van der Waals surface area contributed by atoms with E-state index in [2.05, 4.69) is 11.6 Å². The number of hydrogen-bond acceptors (Lipinski definition) is 5. The van der Waals surface area contributed by atoms with Crippen LogP contribution in [-0.4, -0.2) is 11.0 Å². The summed E-state index contributed by atoms with van der Waals surface area (Å²) in [7, 11) is 0. The van der Waals surface area contributed by atoms with Gasteiger partial charge in [0, 0.05) is 11.6 Å². The van der Waals surface area contributed by atoms with Crippen molar-refractivity contribution >= 4 is 38.7 Å². The van der Waals surface area contributed by atoms with Crippen LogP contribution in [0.25, 0.3) is 21.4 Å². The number of aromatic nitrogens is 1. The van der Waals surface area contributed by atoms with Crippen LogP contribution in [0.15, 0.2) is 78.8 Å². The molecule has 0 aliphatic heterocycles. The molecule has 0 N–H and O–H groups in total. The molecule has 4 aromatic rings. The van der Waals surface area contributed by atoms with Gasteiger partial charge in [-0.05, 0) is 71.4 Å². The van der Waals surface area contributed by atoms with Gasteiger partial charge in [-0.15, -0.1) is 11.3 Å². The first-order chi connectivity index (χ1) is 18.3. The van der Waals surface area contributed by atoms with E-state index in [1.165, 1.54) is 17.4 Å². The normalized spacial score (nSPS) is 14.4. The van der Waals surface area contributed by atoms with Gasteiger partial charge in [0.1, 0.15) is 5.75 Å². The quantitative estimate of drug-likeness (QED) is 0.110. The fraction of sp³-hybridized carbons (Fsp3) is 0.167. The van der Waals surface area contributed by atoms with E-state index in [4.69, 9.17) is 4.74 Å². The lowest BCUT2D eigenvalue weighted by molar-refractivity contribution is -0.137. The first-order valence-corrected chi connectivity index (χ1v) is 12.8. The summed E-state index contributed by atoms with van der Waals surface area (Å²) in [6.07, 6.45) is -0.912. The van der Waals surface area contributed by atoms with E-state index in [1.54, 1.807) is 29.8 Å². The molecule has 4 nitrogen and oxygen atoms in total. The maximum atomic E-state index is 13.5. The number of hydrogen-bond donors (Lipinski definition) is 0. The van der Waals surface area contributed by atoms with Gasteiger partial charge in [0.05, 0.1) is 32.9 Å². The average Bonchev–Trinajstić information content (AvgIpc) is 3.35. The summed E-state index contributed by atoms with van der Waals surface area (Å²) < 4.78 is 47.1. The number of benzene rings is 3. The molecule has 0 unspecified atom stereocenters. The number of alkyl halides is 3. The minimum Gasteiger partial charge on any atom is -0.423 e. The van der Waals surface area contributed by atoms with Gasteiger partial charge in [-0.25, -0.2) is 9.78 Å². The van der Waals surface area contributed by atoms with Gasteiger partial charge in [-0.2, -0.15) is 18.4 Å². The Labute approximate surface area is 221 Å². The van der Waals surface area contributed by atoms with E-state index < -0.39 is 17.7 Å². The molecular weight excluding hydrogens is 509 g/mol. The Balaban J connectivity index is 1.86. The highest BCUT2D eigenvalue weighted by molar-refractivity contribution is 7.16. The number of carbonyl (C=O) groups is 1. The second-order valence-corrected chi connectivity index (χ2v) is 9.83. The van der Waals surface area contributed by atoms with Crippen LogP contribution in [0, 0.1) is 17.2 Å². The maximum Gasteiger partial charge on any atom is 0.416 e. The van der Waals surface area contributed by atoms with Gasteiger partial charge in [-0.1, -0.05) is 43.3 Å². The van der Waals surface area contributed by atoms with Gasteiger partial charge < -0.3 is 4.74 Å². The largest absolute Gasteiger partial charge is 0.423 e. The van der Waals surface area contributed by atoms with Crippen LogP contribution in [0.5, 0.6) is 5.75 Å². The predicted octanol–water partition coefficient (Wildman–Crippen LogP) is 8.04. The summed E-state index contributed by atoms with van der Waals surface area (Å²) in [6.45, 7) is 3.48. The van der Waals surface area contributed by atoms with Crippen LogP contribution in [0.4, 0.5) is 13.2 Å². The topological polar surface area (TPSA) is 63.0 Å². The number of allylic oxidation sites excluding steroid dienone is 1. The number of esters is 1. The standard InChI is InChI=1S/C30H21F3N2O2S/c1-2-27(36)37-25-9-4-3-8-23(25)29(19-10-13-26-24(15-19)35-17-38-26)28(18-6-5-7-18)22-12-11-21(30(31,32)33)14-20(22)16-34/h2-4,8-15,17-18H,1,5-7H2/b29-28+. The summed E-state index contributed by atoms with van der Waals surface area (Å²) in [5.41, 5.74) is 4.79. The molecule has 1 saturated carbocycles. The second-order valence-electron chi connectivity index (χ2n) is 8.94. The Morgan fingerprint density at radius 2 is 1.89 bits per heavy atom. The minimum atomic E-state index is -4.57. The van der Waals surface area contributed by atoms with Gasteiger partial charge in [-0.3, -0.25) is 0 Å². The molecular formula is C30H21F3N2O2S. The molecule has 5 rings (SSSR count). The molecule has 0 radical (unpaired) electrons. The Morgan fingerprint density at radius 3 is 2.58 bits per heavy atom. The minimum absolute atomic E-state index is 0.00290. The summed E-state index contributed by atoms with van der Waals surface area (Å²) in [5.74, 6) is -0.347. The van der Waals surface area contributed by atoms with Crippen molar-refractivity contribution in [3.63, 3.8) is 0 Å². The summed E-state index contributed by atoms with van der Waals surface area (Å²) in [4.78, 5) is 16.6. The molecule has 3 aromatic carbocycles. The van der Waals surface area contributed by atoms with Crippen molar-refractivity contribution in [1.29, 1.82) is 5.26 Å². The molecule has 1 heterocycles. The summed E-state index contributed by atoms with van der Waals surface area (Å²) in [5, 5.41) is 9.94. The van der Waals surface area contributed by atoms with E-state index in [9.17, 15) is 23.2 Å². The van der Waals surface area contributed by atoms with E-state index in [0.717, 1.165) is 58.8 Å². The monoisotopic (exact) mass is 530 g/mol. The molecule has 0 bridgehead atoms. The Morgan fingerprint density at radius 1 is 1.11 bits per heavy atom. The lowest BCUT2D eigenvalue weighted by Crippen LogP contribution is -2.17. The molecule has 38 heavy (non-hydrogen) atoms. The van der Waals surface area contributed by atoms with Gasteiger partial charge >= 0.3 is 12.1 Å². The zero-order chi connectivity index (χ0) is 26.9. The van der Waals surface area contributed by atoms with E-state index in [0.29, 0.717) is 16.7 Å². The maximum absolute atomic E-state index is 13.5. The third kappa shape index (κ3) is 4.85. The highest BCUT2D eigenvalue weighted by atomic mass is 32.1. The number of carbonyl (C=O) groups excluding carboxylic acids is 1. The number of ether oxygens (including phenoxy) is 1. The molecule has 8 heteroatoms. The molecule has 1 fully saturated rings. The Hall–Kier alpha value is -4.22. The van der Waals surface area contributed by atoms with Crippen molar-refractivity contribution in [2.24, 2.45) is 5.92 Å².